The molecule has 6 nitrogen and oxygen atoms in total. The van der Waals surface area contributed by atoms with Crippen molar-refractivity contribution in [1.82, 2.24) is 15.5 Å². The summed E-state index contributed by atoms with van der Waals surface area (Å²) in [5.74, 6) is 0.326. The Labute approximate surface area is 147 Å². The number of hydrogen-bond acceptors (Lipinski definition) is 3. The second-order valence-corrected chi connectivity index (χ2v) is 5.94. The number of benzene rings is 1. The maximum Gasteiger partial charge on any atom is 0.222 e. The Kier molecular flexibility index (Phi) is 6.75. The first-order valence-corrected chi connectivity index (χ1v) is 8.58. The SMILES string of the molecule is CCNC(=NCc1ccc(C#N)cc1F)NC1CCN(C(=O)CC)C1. The summed E-state index contributed by atoms with van der Waals surface area (Å²) in [6, 6.07) is 6.43. The van der Waals surface area contributed by atoms with E-state index < -0.39 is 5.82 Å². The van der Waals surface area contributed by atoms with Gasteiger partial charge in [-0.3, -0.25) is 4.79 Å². The number of carbonyl (C=O) groups is 1. The van der Waals surface area contributed by atoms with Crippen molar-refractivity contribution >= 4 is 11.9 Å². The number of nitrogens with one attached hydrogen (secondary N) is 2. The molecule has 1 saturated heterocycles. The van der Waals surface area contributed by atoms with Crippen LogP contribution in [-0.2, 0) is 11.3 Å². The van der Waals surface area contributed by atoms with E-state index >= 15 is 0 Å². The molecule has 0 aliphatic carbocycles. The molecule has 1 amide bonds. The lowest BCUT2D eigenvalue weighted by Crippen LogP contribution is -2.45. The number of rotatable bonds is 5. The zero-order valence-corrected chi connectivity index (χ0v) is 14.7. The number of amides is 1. The van der Waals surface area contributed by atoms with Crippen LogP contribution in [0, 0.1) is 17.1 Å². The maximum absolute atomic E-state index is 14.0. The first-order chi connectivity index (χ1) is 12.1. The number of halogens is 1. The third kappa shape index (κ3) is 5.18. The number of likely N-dealkylation sites (tertiary alicyclic amines) is 1. The van der Waals surface area contributed by atoms with Crippen LogP contribution >= 0.6 is 0 Å². The van der Waals surface area contributed by atoms with Gasteiger partial charge >= 0.3 is 0 Å². The van der Waals surface area contributed by atoms with Crippen LogP contribution in [0.2, 0.25) is 0 Å². The van der Waals surface area contributed by atoms with Crippen LogP contribution in [0.4, 0.5) is 4.39 Å². The fourth-order valence-electron chi connectivity index (χ4n) is 2.75. The number of nitriles is 1. The maximum atomic E-state index is 14.0. The average Bonchev–Trinajstić information content (AvgIpc) is 3.08. The quantitative estimate of drug-likeness (QED) is 0.629. The lowest BCUT2D eigenvalue weighted by atomic mass is 10.1. The van der Waals surface area contributed by atoms with E-state index in [1.807, 2.05) is 24.8 Å². The molecule has 1 aliphatic heterocycles. The van der Waals surface area contributed by atoms with Gasteiger partial charge in [0.15, 0.2) is 5.96 Å². The van der Waals surface area contributed by atoms with Crippen molar-refractivity contribution in [3.05, 3.63) is 35.1 Å². The Morgan fingerprint density at radius 2 is 2.28 bits per heavy atom. The fourth-order valence-corrected chi connectivity index (χ4v) is 2.75. The highest BCUT2D eigenvalue weighted by Gasteiger charge is 2.25. The standard InChI is InChI=1S/C18H24FN5O/c1-3-17(25)24-8-7-15(12-24)23-18(21-4-2)22-11-14-6-5-13(10-20)9-16(14)19/h5-6,9,15H,3-4,7-8,11-12H2,1-2H3,(H2,21,22,23). The van der Waals surface area contributed by atoms with E-state index in [0.29, 0.717) is 36.6 Å². The van der Waals surface area contributed by atoms with Gasteiger partial charge in [-0.2, -0.15) is 5.26 Å². The van der Waals surface area contributed by atoms with Gasteiger partial charge in [0.25, 0.3) is 0 Å². The van der Waals surface area contributed by atoms with E-state index in [9.17, 15) is 9.18 Å². The lowest BCUT2D eigenvalue weighted by molar-refractivity contribution is -0.129. The van der Waals surface area contributed by atoms with Gasteiger partial charge in [0.05, 0.1) is 18.2 Å². The Morgan fingerprint density at radius 1 is 1.48 bits per heavy atom. The molecule has 1 aromatic carbocycles. The van der Waals surface area contributed by atoms with Crippen LogP contribution in [0.1, 0.15) is 37.8 Å². The van der Waals surface area contributed by atoms with E-state index in [2.05, 4.69) is 15.6 Å². The summed E-state index contributed by atoms with van der Waals surface area (Å²) in [4.78, 5) is 18.0. The van der Waals surface area contributed by atoms with Crippen LogP contribution in [-0.4, -0.2) is 42.4 Å². The molecule has 25 heavy (non-hydrogen) atoms. The van der Waals surface area contributed by atoms with E-state index in [-0.39, 0.29) is 18.5 Å². The highest BCUT2D eigenvalue weighted by Crippen LogP contribution is 2.12. The van der Waals surface area contributed by atoms with Crippen molar-refractivity contribution in [1.29, 1.82) is 5.26 Å². The molecule has 1 fully saturated rings. The lowest BCUT2D eigenvalue weighted by Gasteiger charge is -2.18. The smallest absolute Gasteiger partial charge is 0.222 e. The Bertz CT molecular complexity index is 683. The minimum Gasteiger partial charge on any atom is -0.357 e. The predicted molar refractivity (Wildman–Crippen MR) is 94.3 cm³/mol. The molecule has 1 aromatic rings. The molecule has 1 atom stereocenters. The molecule has 1 heterocycles. The van der Waals surface area contributed by atoms with Crippen LogP contribution in [0.15, 0.2) is 23.2 Å². The van der Waals surface area contributed by atoms with E-state index in [0.717, 1.165) is 13.0 Å². The molecular weight excluding hydrogens is 321 g/mol. The van der Waals surface area contributed by atoms with Gasteiger partial charge in [-0.05, 0) is 25.5 Å². The van der Waals surface area contributed by atoms with E-state index in [1.165, 1.54) is 6.07 Å². The molecule has 0 aromatic heterocycles. The van der Waals surface area contributed by atoms with Gasteiger partial charge in [0.1, 0.15) is 5.82 Å². The van der Waals surface area contributed by atoms with Crippen LogP contribution in [0.25, 0.3) is 0 Å². The largest absolute Gasteiger partial charge is 0.357 e. The normalized spacial score (nSPS) is 17.3. The highest BCUT2D eigenvalue weighted by atomic mass is 19.1. The number of hydrogen-bond donors (Lipinski definition) is 2. The third-order valence-corrected chi connectivity index (χ3v) is 4.12. The zero-order valence-electron chi connectivity index (χ0n) is 14.7. The molecule has 2 rings (SSSR count). The van der Waals surface area contributed by atoms with Crippen molar-refractivity contribution < 1.29 is 9.18 Å². The second kappa shape index (κ2) is 9.02. The summed E-state index contributed by atoms with van der Waals surface area (Å²) in [6.45, 7) is 6.08. The predicted octanol–water partition coefficient (Wildman–Crippen LogP) is 1.76. The molecule has 134 valence electrons. The van der Waals surface area contributed by atoms with Gasteiger partial charge in [-0.15, -0.1) is 0 Å². The molecule has 2 N–H and O–H groups in total. The molecular formula is C18H24FN5O. The molecule has 1 aliphatic rings. The molecule has 0 spiro atoms. The van der Waals surface area contributed by atoms with Crippen LogP contribution < -0.4 is 10.6 Å². The van der Waals surface area contributed by atoms with Gasteiger partial charge in [0, 0.05) is 37.7 Å². The highest BCUT2D eigenvalue weighted by molar-refractivity contribution is 5.80. The summed E-state index contributed by atoms with van der Waals surface area (Å²) in [5, 5.41) is 15.2. The van der Waals surface area contributed by atoms with Crippen molar-refractivity contribution in [2.75, 3.05) is 19.6 Å². The van der Waals surface area contributed by atoms with Gasteiger partial charge in [-0.1, -0.05) is 13.0 Å². The molecule has 0 radical (unpaired) electrons. The van der Waals surface area contributed by atoms with Gasteiger partial charge in [0.2, 0.25) is 5.91 Å². The van der Waals surface area contributed by atoms with Crippen molar-refractivity contribution in [2.45, 2.75) is 39.3 Å². The fraction of sp³-hybridized carbons (Fsp3) is 0.500. The zero-order chi connectivity index (χ0) is 18.2. The average molecular weight is 345 g/mol. The van der Waals surface area contributed by atoms with Crippen molar-refractivity contribution in [3.8, 4) is 6.07 Å². The molecule has 0 saturated carbocycles. The number of carbonyl (C=O) groups excluding carboxylic acids is 1. The molecule has 0 bridgehead atoms. The second-order valence-electron chi connectivity index (χ2n) is 5.94. The molecule has 1 unspecified atom stereocenters. The Hall–Kier alpha value is -2.62. The van der Waals surface area contributed by atoms with Gasteiger partial charge < -0.3 is 15.5 Å². The number of nitrogens with zero attached hydrogens (tertiary/aromatic N) is 3. The Balaban J connectivity index is 1.99. The van der Waals surface area contributed by atoms with Crippen LogP contribution in [0.3, 0.4) is 0 Å². The Morgan fingerprint density at radius 3 is 2.92 bits per heavy atom. The topological polar surface area (TPSA) is 80.5 Å². The summed E-state index contributed by atoms with van der Waals surface area (Å²) in [5.41, 5.74) is 0.729. The van der Waals surface area contributed by atoms with Crippen LogP contribution in [0.5, 0.6) is 0 Å². The summed E-state index contributed by atoms with van der Waals surface area (Å²) in [7, 11) is 0. The van der Waals surface area contributed by atoms with E-state index in [4.69, 9.17) is 5.26 Å². The summed E-state index contributed by atoms with van der Waals surface area (Å²) >= 11 is 0. The number of guanidine groups is 1. The minimum atomic E-state index is -0.431. The first kappa shape index (κ1) is 18.7. The van der Waals surface area contributed by atoms with Crippen molar-refractivity contribution in [2.24, 2.45) is 4.99 Å². The molecule has 7 heteroatoms. The van der Waals surface area contributed by atoms with E-state index in [1.54, 1.807) is 12.1 Å². The summed E-state index contributed by atoms with van der Waals surface area (Å²) < 4.78 is 14.0. The monoisotopic (exact) mass is 345 g/mol. The number of aliphatic imine (C=N–C) groups is 1. The van der Waals surface area contributed by atoms with Gasteiger partial charge in [-0.25, -0.2) is 9.38 Å². The minimum absolute atomic E-state index is 0.138. The third-order valence-electron chi connectivity index (χ3n) is 4.12. The summed E-state index contributed by atoms with van der Waals surface area (Å²) in [6.07, 6.45) is 1.38. The van der Waals surface area contributed by atoms with Crippen molar-refractivity contribution in [3.63, 3.8) is 0 Å². The first-order valence-electron chi connectivity index (χ1n) is 8.58.